The summed E-state index contributed by atoms with van der Waals surface area (Å²) < 4.78 is 44.2. The summed E-state index contributed by atoms with van der Waals surface area (Å²) in [5.74, 6) is 0.623. The minimum Gasteiger partial charge on any atom is -0.493 e. The van der Waals surface area contributed by atoms with Gasteiger partial charge < -0.3 is 37.9 Å². The second kappa shape index (κ2) is 18.7. The molecule has 2 aromatic carbocycles. The number of carbonyl (C=O) groups is 2. The van der Waals surface area contributed by atoms with Gasteiger partial charge in [-0.25, -0.2) is 9.59 Å². The Balaban J connectivity index is 1.72. The maximum atomic E-state index is 12.5. The molecule has 10 nitrogen and oxygen atoms in total. The van der Waals surface area contributed by atoms with Gasteiger partial charge in [0.15, 0.2) is 0 Å². The molecule has 0 spiro atoms. The van der Waals surface area contributed by atoms with Gasteiger partial charge in [-0.3, -0.25) is 0 Å². The molecule has 0 atom stereocenters. The van der Waals surface area contributed by atoms with Crippen LogP contribution in [0.25, 0.3) is 0 Å². The maximum absolute atomic E-state index is 12.5. The molecule has 2 rings (SSSR count). The summed E-state index contributed by atoms with van der Waals surface area (Å²) in [7, 11) is 0. The van der Waals surface area contributed by atoms with Crippen molar-refractivity contribution < 1.29 is 47.5 Å². The Labute approximate surface area is 230 Å². The van der Waals surface area contributed by atoms with Crippen molar-refractivity contribution in [1.29, 1.82) is 0 Å². The summed E-state index contributed by atoms with van der Waals surface area (Å²) in [5.41, 5.74) is 0.534. The standard InChI is InChI=1S/C29H40O10/c1-5-15-39-29(31)27-23(35-7-3)12-10-14-25(27)38-21-19-33-17-16-32-18-20-37-24-13-9-11-22(34-6-2)26(24)28(30)36-8-4/h9-14H,5-8,15-21H2,1-4H3. The van der Waals surface area contributed by atoms with Crippen molar-refractivity contribution in [1.82, 2.24) is 0 Å². The summed E-state index contributed by atoms with van der Waals surface area (Å²) in [6.07, 6.45) is 0.719. The second-order valence-corrected chi connectivity index (χ2v) is 7.90. The second-order valence-electron chi connectivity index (χ2n) is 7.90. The Bertz CT molecular complexity index is 1010. The van der Waals surface area contributed by atoms with Crippen LogP contribution >= 0.6 is 0 Å². The van der Waals surface area contributed by atoms with Gasteiger partial charge in [0, 0.05) is 0 Å². The van der Waals surface area contributed by atoms with Gasteiger partial charge in [-0.1, -0.05) is 19.1 Å². The van der Waals surface area contributed by atoms with E-state index in [1.807, 2.05) is 20.8 Å². The SMILES string of the molecule is CCCOC(=O)c1c(OCC)cccc1OCCOCCOCCOc1cccc(OCC)c1C(=O)OCC. The Morgan fingerprint density at radius 3 is 1.33 bits per heavy atom. The van der Waals surface area contributed by atoms with Crippen LogP contribution < -0.4 is 18.9 Å². The quantitative estimate of drug-likeness (QED) is 0.170. The number of carbonyl (C=O) groups excluding carboxylic acids is 2. The molecule has 0 aliphatic carbocycles. The van der Waals surface area contributed by atoms with Crippen LogP contribution in [0.15, 0.2) is 36.4 Å². The van der Waals surface area contributed by atoms with Gasteiger partial charge in [-0.15, -0.1) is 0 Å². The molecule has 10 heteroatoms. The topological polar surface area (TPSA) is 108 Å². The molecule has 0 saturated carbocycles. The molecule has 0 unspecified atom stereocenters. The largest absolute Gasteiger partial charge is 0.493 e. The zero-order valence-electron chi connectivity index (χ0n) is 23.3. The fraction of sp³-hybridized carbons (Fsp3) is 0.517. The van der Waals surface area contributed by atoms with E-state index in [0.29, 0.717) is 69.2 Å². The molecule has 39 heavy (non-hydrogen) atoms. The number of ether oxygens (including phenoxy) is 8. The van der Waals surface area contributed by atoms with Gasteiger partial charge >= 0.3 is 11.9 Å². The van der Waals surface area contributed by atoms with Crippen molar-refractivity contribution in [2.75, 3.05) is 66.1 Å². The van der Waals surface area contributed by atoms with Crippen LogP contribution in [0, 0.1) is 0 Å². The van der Waals surface area contributed by atoms with E-state index < -0.39 is 11.9 Å². The molecule has 2 aromatic rings. The van der Waals surface area contributed by atoms with Gasteiger partial charge in [-0.05, 0) is 51.5 Å². The minimum atomic E-state index is -0.498. The Kier molecular flexibility index (Phi) is 15.2. The van der Waals surface area contributed by atoms with Gasteiger partial charge in [-0.2, -0.15) is 0 Å². The monoisotopic (exact) mass is 548 g/mol. The van der Waals surface area contributed by atoms with E-state index in [9.17, 15) is 9.59 Å². The molecule has 0 heterocycles. The molecule has 0 amide bonds. The van der Waals surface area contributed by atoms with E-state index >= 15 is 0 Å². The molecule has 0 N–H and O–H groups in total. The predicted molar refractivity (Wildman–Crippen MR) is 144 cm³/mol. The molecule has 216 valence electrons. The third-order valence-electron chi connectivity index (χ3n) is 5.04. The minimum absolute atomic E-state index is 0.234. The third-order valence-corrected chi connectivity index (χ3v) is 5.04. The van der Waals surface area contributed by atoms with Gasteiger partial charge in [0.2, 0.25) is 0 Å². The van der Waals surface area contributed by atoms with Crippen LogP contribution in [-0.4, -0.2) is 78.0 Å². The fourth-order valence-electron chi connectivity index (χ4n) is 3.43. The molecule has 0 bridgehead atoms. The first-order valence-corrected chi connectivity index (χ1v) is 13.3. The van der Waals surface area contributed by atoms with Crippen LogP contribution in [0.1, 0.15) is 54.8 Å². The van der Waals surface area contributed by atoms with Crippen molar-refractivity contribution in [2.24, 2.45) is 0 Å². The van der Waals surface area contributed by atoms with Gasteiger partial charge in [0.25, 0.3) is 0 Å². The summed E-state index contributed by atoms with van der Waals surface area (Å²) in [5, 5.41) is 0. The fourth-order valence-corrected chi connectivity index (χ4v) is 3.43. The highest BCUT2D eigenvalue weighted by Gasteiger charge is 2.21. The van der Waals surface area contributed by atoms with Gasteiger partial charge in [0.1, 0.15) is 47.3 Å². The summed E-state index contributed by atoms with van der Waals surface area (Å²) in [6, 6.07) is 10.3. The Morgan fingerprint density at radius 2 is 0.923 bits per heavy atom. The lowest BCUT2D eigenvalue weighted by molar-refractivity contribution is 0.0265. The number of hydrogen-bond donors (Lipinski definition) is 0. The normalized spacial score (nSPS) is 10.6. The smallest absolute Gasteiger partial charge is 0.345 e. The van der Waals surface area contributed by atoms with Crippen LogP contribution in [0.2, 0.25) is 0 Å². The lowest BCUT2D eigenvalue weighted by atomic mass is 10.1. The Hall–Kier alpha value is -3.50. The highest BCUT2D eigenvalue weighted by molar-refractivity contribution is 5.96. The number of rotatable bonds is 20. The predicted octanol–water partition coefficient (Wildman–Crippen LogP) is 4.72. The van der Waals surface area contributed by atoms with E-state index in [4.69, 9.17) is 37.9 Å². The number of benzene rings is 2. The van der Waals surface area contributed by atoms with Crippen molar-refractivity contribution >= 4 is 11.9 Å². The van der Waals surface area contributed by atoms with Crippen LogP contribution in [-0.2, 0) is 18.9 Å². The maximum Gasteiger partial charge on any atom is 0.345 e. The van der Waals surface area contributed by atoms with Crippen molar-refractivity contribution in [3.63, 3.8) is 0 Å². The van der Waals surface area contributed by atoms with E-state index in [1.165, 1.54) is 0 Å². The number of hydrogen-bond acceptors (Lipinski definition) is 10. The van der Waals surface area contributed by atoms with E-state index in [2.05, 4.69) is 0 Å². The van der Waals surface area contributed by atoms with E-state index in [-0.39, 0.29) is 30.9 Å². The van der Waals surface area contributed by atoms with Crippen LogP contribution in [0.3, 0.4) is 0 Å². The molecule has 0 aliphatic heterocycles. The molecule has 0 aromatic heterocycles. The highest BCUT2D eigenvalue weighted by Crippen LogP contribution is 2.30. The molecule has 0 radical (unpaired) electrons. The summed E-state index contributed by atoms with van der Waals surface area (Å²) >= 11 is 0. The summed E-state index contributed by atoms with van der Waals surface area (Å²) in [4.78, 5) is 24.9. The molecule has 0 aliphatic rings. The lowest BCUT2D eigenvalue weighted by Gasteiger charge is -2.15. The Morgan fingerprint density at radius 1 is 0.513 bits per heavy atom. The van der Waals surface area contributed by atoms with Crippen molar-refractivity contribution in [2.45, 2.75) is 34.1 Å². The first kappa shape index (κ1) is 31.7. The third kappa shape index (κ3) is 10.6. The zero-order valence-corrected chi connectivity index (χ0v) is 23.3. The molecule has 0 saturated heterocycles. The average molecular weight is 549 g/mol. The van der Waals surface area contributed by atoms with E-state index in [1.54, 1.807) is 43.3 Å². The molecular weight excluding hydrogens is 508 g/mol. The van der Waals surface area contributed by atoms with Crippen LogP contribution in [0.4, 0.5) is 0 Å². The van der Waals surface area contributed by atoms with E-state index in [0.717, 1.165) is 6.42 Å². The van der Waals surface area contributed by atoms with Crippen molar-refractivity contribution in [3.8, 4) is 23.0 Å². The van der Waals surface area contributed by atoms with Crippen LogP contribution in [0.5, 0.6) is 23.0 Å². The average Bonchev–Trinajstić information content (AvgIpc) is 2.93. The molecule has 0 fully saturated rings. The zero-order chi connectivity index (χ0) is 28.3. The van der Waals surface area contributed by atoms with Gasteiger partial charge in [0.05, 0.1) is 52.9 Å². The highest BCUT2D eigenvalue weighted by atomic mass is 16.6. The first-order chi connectivity index (χ1) is 19.1. The lowest BCUT2D eigenvalue weighted by Crippen LogP contribution is -2.16. The number of esters is 2. The van der Waals surface area contributed by atoms with Crippen molar-refractivity contribution in [3.05, 3.63) is 47.5 Å². The summed E-state index contributed by atoms with van der Waals surface area (Å²) in [6.45, 7) is 10.5. The molecular formula is C29H40O10. The first-order valence-electron chi connectivity index (χ1n) is 13.3.